The Labute approximate surface area is 133 Å². The number of hydrogen-bond acceptors (Lipinski definition) is 5. The summed E-state index contributed by atoms with van der Waals surface area (Å²) in [5.41, 5.74) is 2.03. The third-order valence-corrected chi connectivity index (χ3v) is 3.11. The number of benzene rings is 1. The molecule has 0 bridgehead atoms. The number of amides is 1. The van der Waals surface area contributed by atoms with Gasteiger partial charge in [-0.3, -0.25) is 9.78 Å². The molecule has 0 atom stereocenters. The molecule has 0 fully saturated rings. The van der Waals surface area contributed by atoms with E-state index >= 15 is 0 Å². The molecule has 0 aliphatic carbocycles. The van der Waals surface area contributed by atoms with Crippen LogP contribution in [-0.2, 0) is 6.54 Å². The van der Waals surface area contributed by atoms with Crippen molar-refractivity contribution in [2.75, 3.05) is 10.6 Å². The molecule has 0 unspecified atom stereocenters. The first kappa shape index (κ1) is 14.6. The molecule has 114 valence electrons. The summed E-state index contributed by atoms with van der Waals surface area (Å²) in [4.78, 5) is 24.4. The van der Waals surface area contributed by atoms with Crippen molar-refractivity contribution in [3.63, 3.8) is 0 Å². The number of aromatic nitrogens is 3. The number of nitrogens with one attached hydrogen (secondary N) is 2. The SMILES string of the molecule is O=C(Nc1ccccc1)c1cnc(NCc2cccnc2)cn1. The van der Waals surface area contributed by atoms with Crippen molar-refractivity contribution in [1.82, 2.24) is 15.0 Å². The Morgan fingerprint density at radius 1 is 0.957 bits per heavy atom. The topological polar surface area (TPSA) is 79.8 Å². The molecule has 6 heteroatoms. The van der Waals surface area contributed by atoms with E-state index in [-0.39, 0.29) is 11.6 Å². The second-order valence-corrected chi connectivity index (χ2v) is 4.82. The van der Waals surface area contributed by atoms with E-state index in [9.17, 15) is 4.79 Å². The molecule has 1 aromatic carbocycles. The van der Waals surface area contributed by atoms with Crippen LogP contribution in [0.4, 0.5) is 11.5 Å². The van der Waals surface area contributed by atoms with E-state index in [0.29, 0.717) is 12.4 Å². The number of carbonyl (C=O) groups is 1. The van der Waals surface area contributed by atoms with Crippen LogP contribution in [0.2, 0.25) is 0 Å². The van der Waals surface area contributed by atoms with Gasteiger partial charge in [0.1, 0.15) is 11.5 Å². The summed E-state index contributed by atoms with van der Waals surface area (Å²) in [6, 6.07) is 13.1. The Morgan fingerprint density at radius 2 is 1.83 bits per heavy atom. The van der Waals surface area contributed by atoms with E-state index in [4.69, 9.17) is 0 Å². The number of pyridine rings is 1. The van der Waals surface area contributed by atoms with Gasteiger partial charge in [-0.15, -0.1) is 0 Å². The lowest BCUT2D eigenvalue weighted by Crippen LogP contribution is -2.14. The Balaban J connectivity index is 1.59. The number of anilines is 2. The zero-order valence-electron chi connectivity index (χ0n) is 12.3. The van der Waals surface area contributed by atoms with Gasteiger partial charge in [0.05, 0.1) is 12.4 Å². The maximum Gasteiger partial charge on any atom is 0.275 e. The number of carbonyl (C=O) groups excluding carboxylic acids is 1. The molecule has 2 heterocycles. The molecule has 0 saturated carbocycles. The molecule has 3 aromatic rings. The fraction of sp³-hybridized carbons (Fsp3) is 0.0588. The third kappa shape index (κ3) is 4.10. The van der Waals surface area contributed by atoms with Gasteiger partial charge in [0, 0.05) is 24.6 Å². The highest BCUT2D eigenvalue weighted by Crippen LogP contribution is 2.08. The van der Waals surface area contributed by atoms with E-state index < -0.39 is 0 Å². The zero-order chi connectivity index (χ0) is 15.9. The largest absolute Gasteiger partial charge is 0.365 e. The van der Waals surface area contributed by atoms with Crippen molar-refractivity contribution < 1.29 is 4.79 Å². The average Bonchev–Trinajstić information content (AvgIpc) is 2.62. The van der Waals surface area contributed by atoms with E-state index in [1.165, 1.54) is 12.4 Å². The number of rotatable bonds is 5. The van der Waals surface area contributed by atoms with Crippen LogP contribution in [0.3, 0.4) is 0 Å². The van der Waals surface area contributed by atoms with Crippen LogP contribution in [0.15, 0.2) is 67.3 Å². The molecule has 1 amide bonds. The van der Waals surface area contributed by atoms with Crippen molar-refractivity contribution in [1.29, 1.82) is 0 Å². The van der Waals surface area contributed by atoms with Crippen molar-refractivity contribution >= 4 is 17.4 Å². The van der Waals surface area contributed by atoms with Gasteiger partial charge in [-0.25, -0.2) is 9.97 Å². The molecule has 3 rings (SSSR count). The Bertz CT molecular complexity index is 760. The average molecular weight is 305 g/mol. The minimum atomic E-state index is -0.289. The van der Waals surface area contributed by atoms with Crippen LogP contribution in [0.5, 0.6) is 0 Å². The summed E-state index contributed by atoms with van der Waals surface area (Å²) in [7, 11) is 0. The second kappa shape index (κ2) is 7.13. The molecule has 0 aliphatic rings. The van der Waals surface area contributed by atoms with Gasteiger partial charge in [-0.05, 0) is 23.8 Å². The van der Waals surface area contributed by atoms with Crippen molar-refractivity contribution in [3.05, 3.63) is 78.5 Å². The third-order valence-electron chi connectivity index (χ3n) is 3.11. The van der Waals surface area contributed by atoms with Crippen molar-refractivity contribution in [3.8, 4) is 0 Å². The molecular formula is C17H15N5O. The fourth-order valence-corrected chi connectivity index (χ4v) is 1.95. The van der Waals surface area contributed by atoms with Gasteiger partial charge in [0.25, 0.3) is 5.91 Å². The summed E-state index contributed by atoms with van der Waals surface area (Å²) in [5, 5.41) is 5.90. The molecule has 0 aliphatic heterocycles. The summed E-state index contributed by atoms with van der Waals surface area (Å²) in [6.45, 7) is 0.595. The summed E-state index contributed by atoms with van der Waals surface area (Å²) in [5.74, 6) is 0.313. The van der Waals surface area contributed by atoms with Crippen LogP contribution in [-0.4, -0.2) is 20.9 Å². The standard InChI is InChI=1S/C17H15N5O/c23-17(22-14-6-2-1-3-7-14)15-11-21-16(12-19-15)20-10-13-5-4-8-18-9-13/h1-9,11-12H,10H2,(H,20,21)(H,22,23). The quantitative estimate of drug-likeness (QED) is 0.757. The van der Waals surface area contributed by atoms with Gasteiger partial charge >= 0.3 is 0 Å². The molecule has 0 radical (unpaired) electrons. The lowest BCUT2D eigenvalue weighted by atomic mass is 10.3. The zero-order valence-corrected chi connectivity index (χ0v) is 12.3. The molecule has 0 saturated heterocycles. The second-order valence-electron chi connectivity index (χ2n) is 4.82. The van der Waals surface area contributed by atoms with E-state index in [1.807, 2.05) is 42.5 Å². The predicted molar refractivity (Wildman–Crippen MR) is 88.0 cm³/mol. The Hall–Kier alpha value is -3.28. The lowest BCUT2D eigenvalue weighted by molar-refractivity contribution is 0.102. The highest BCUT2D eigenvalue weighted by atomic mass is 16.1. The first-order chi connectivity index (χ1) is 11.3. The van der Waals surface area contributed by atoms with Crippen LogP contribution >= 0.6 is 0 Å². The first-order valence-electron chi connectivity index (χ1n) is 7.12. The van der Waals surface area contributed by atoms with Crippen LogP contribution < -0.4 is 10.6 Å². The molecule has 2 N–H and O–H groups in total. The van der Waals surface area contributed by atoms with Gasteiger partial charge in [-0.1, -0.05) is 24.3 Å². The van der Waals surface area contributed by atoms with Crippen LogP contribution in [0, 0.1) is 0 Å². The van der Waals surface area contributed by atoms with E-state index in [1.54, 1.807) is 12.4 Å². The lowest BCUT2D eigenvalue weighted by Gasteiger charge is -2.06. The molecule has 23 heavy (non-hydrogen) atoms. The number of nitrogens with zero attached hydrogens (tertiary/aromatic N) is 3. The smallest absolute Gasteiger partial charge is 0.275 e. The Morgan fingerprint density at radius 3 is 2.52 bits per heavy atom. The van der Waals surface area contributed by atoms with Crippen molar-refractivity contribution in [2.45, 2.75) is 6.54 Å². The molecule has 0 spiro atoms. The Kier molecular flexibility index (Phi) is 4.54. The van der Waals surface area contributed by atoms with Crippen molar-refractivity contribution in [2.24, 2.45) is 0 Å². The first-order valence-corrected chi connectivity index (χ1v) is 7.12. The normalized spacial score (nSPS) is 10.1. The van der Waals surface area contributed by atoms with Crippen LogP contribution in [0.25, 0.3) is 0 Å². The van der Waals surface area contributed by atoms with E-state index in [2.05, 4.69) is 25.6 Å². The highest BCUT2D eigenvalue weighted by Gasteiger charge is 2.08. The van der Waals surface area contributed by atoms with E-state index in [0.717, 1.165) is 11.3 Å². The molecule has 2 aromatic heterocycles. The number of hydrogen-bond donors (Lipinski definition) is 2. The summed E-state index contributed by atoms with van der Waals surface area (Å²) >= 11 is 0. The monoisotopic (exact) mass is 305 g/mol. The summed E-state index contributed by atoms with van der Waals surface area (Å²) < 4.78 is 0. The maximum absolute atomic E-state index is 12.1. The fourth-order valence-electron chi connectivity index (χ4n) is 1.95. The molecule has 6 nitrogen and oxygen atoms in total. The number of para-hydroxylation sites is 1. The summed E-state index contributed by atoms with van der Waals surface area (Å²) in [6.07, 6.45) is 6.49. The molecular weight excluding hydrogens is 290 g/mol. The maximum atomic E-state index is 12.1. The highest BCUT2D eigenvalue weighted by molar-refractivity contribution is 6.02. The van der Waals surface area contributed by atoms with Gasteiger partial charge in [-0.2, -0.15) is 0 Å². The van der Waals surface area contributed by atoms with Crippen LogP contribution in [0.1, 0.15) is 16.1 Å². The minimum Gasteiger partial charge on any atom is -0.365 e. The predicted octanol–water partition coefficient (Wildman–Crippen LogP) is 2.74. The van der Waals surface area contributed by atoms with Gasteiger partial charge < -0.3 is 10.6 Å². The minimum absolute atomic E-state index is 0.265. The van der Waals surface area contributed by atoms with Gasteiger partial charge in [0.2, 0.25) is 0 Å². The van der Waals surface area contributed by atoms with Gasteiger partial charge in [0.15, 0.2) is 0 Å².